The largest absolute Gasteiger partial charge is 0.370 e. The molecular formula is C23H34N6OS. The third-order valence-corrected chi connectivity index (χ3v) is 8.21. The van der Waals surface area contributed by atoms with E-state index >= 15 is 0 Å². The van der Waals surface area contributed by atoms with Crippen molar-refractivity contribution >= 4 is 11.3 Å². The molecule has 2 aromatic rings. The van der Waals surface area contributed by atoms with Crippen LogP contribution in [0.25, 0.3) is 0 Å². The van der Waals surface area contributed by atoms with Crippen molar-refractivity contribution in [2.45, 2.75) is 57.6 Å². The summed E-state index contributed by atoms with van der Waals surface area (Å²) in [5.74, 6) is 0. The zero-order chi connectivity index (χ0) is 21.4. The molecule has 3 aliphatic heterocycles. The van der Waals surface area contributed by atoms with E-state index in [0.717, 1.165) is 64.0 Å². The highest BCUT2D eigenvalue weighted by Gasteiger charge is 2.44. The number of hydrazine groups is 2. The third-order valence-electron chi connectivity index (χ3n) is 6.87. The van der Waals surface area contributed by atoms with Gasteiger partial charge in [-0.15, -0.1) is 16.9 Å². The van der Waals surface area contributed by atoms with Crippen LogP contribution >= 0.6 is 11.3 Å². The molecule has 0 aromatic carbocycles. The summed E-state index contributed by atoms with van der Waals surface area (Å²) < 4.78 is 8.49. The van der Waals surface area contributed by atoms with Crippen LogP contribution in [0.15, 0.2) is 30.5 Å². The van der Waals surface area contributed by atoms with Crippen LogP contribution in [-0.4, -0.2) is 51.7 Å². The average Bonchev–Trinajstić information content (AvgIpc) is 3.49. The van der Waals surface area contributed by atoms with Gasteiger partial charge in [0.25, 0.3) is 0 Å². The van der Waals surface area contributed by atoms with Gasteiger partial charge in [0.15, 0.2) is 0 Å². The van der Waals surface area contributed by atoms with Gasteiger partial charge in [-0.05, 0) is 37.8 Å². The number of nitrogens with zero attached hydrogens (tertiary/aromatic N) is 4. The summed E-state index contributed by atoms with van der Waals surface area (Å²) in [5.41, 5.74) is 10.4. The highest BCUT2D eigenvalue weighted by atomic mass is 32.1. The summed E-state index contributed by atoms with van der Waals surface area (Å²) in [6, 6.07) is 2.92. The minimum Gasteiger partial charge on any atom is -0.370 e. The molecule has 8 heteroatoms. The number of hydrogen-bond donors (Lipinski definition) is 2. The summed E-state index contributed by atoms with van der Waals surface area (Å²) in [5, 5.41) is 2.12. The van der Waals surface area contributed by atoms with Gasteiger partial charge in [0.2, 0.25) is 0 Å². The van der Waals surface area contributed by atoms with E-state index < -0.39 is 0 Å². The average molecular weight is 443 g/mol. The maximum Gasteiger partial charge on any atom is 0.0969 e. The summed E-state index contributed by atoms with van der Waals surface area (Å²) in [6.07, 6.45) is 11.4. The van der Waals surface area contributed by atoms with Crippen LogP contribution in [-0.2, 0) is 36.6 Å². The minimum absolute atomic E-state index is 0.0716. The van der Waals surface area contributed by atoms with Crippen LogP contribution in [0.3, 0.4) is 0 Å². The summed E-state index contributed by atoms with van der Waals surface area (Å²) >= 11 is 2.00. The molecular weight excluding hydrogens is 408 g/mol. The van der Waals surface area contributed by atoms with E-state index in [2.05, 4.69) is 58.2 Å². The van der Waals surface area contributed by atoms with Gasteiger partial charge in [-0.1, -0.05) is 6.92 Å². The van der Waals surface area contributed by atoms with Crippen LogP contribution in [0.4, 0.5) is 0 Å². The number of imidazole rings is 1. The van der Waals surface area contributed by atoms with Gasteiger partial charge < -0.3 is 14.7 Å². The topological polar surface area (TPSA) is 57.6 Å². The van der Waals surface area contributed by atoms with E-state index in [-0.39, 0.29) is 5.60 Å². The highest BCUT2D eigenvalue weighted by Crippen LogP contribution is 2.46. The molecule has 0 saturated carbocycles. The Labute approximate surface area is 189 Å². The maximum absolute atomic E-state index is 6.49. The zero-order valence-electron chi connectivity index (χ0n) is 18.9. The number of thiophene rings is 1. The van der Waals surface area contributed by atoms with Crippen molar-refractivity contribution in [2.75, 3.05) is 26.2 Å². The van der Waals surface area contributed by atoms with Crippen molar-refractivity contribution in [2.24, 2.45) is 7.05 Å². The van der Waals surface area contributed by atoms with Gasteiger partial charge in [-0.2, -0.15) is 0 Å². The van der Waals surface area contributed by atoms with E-state index in [1.165, 1.54) is 16.1 Å². The van der Waals surface area contributed by atoms with Crippen LogP contribution in [0.1, 0.15) is 47.7 Å². The molecule has 0 aliphatic carbocycles. The Hall–Kier alpha value is -1.87. The highest BCUT2D eigenvalue weighted by molar-refractivity contribution is 7.12. The molecule has 0 radical (unpaired) electrons. The fraction of sp³-hybridized carbons (Fsp3) is 0.609. The van der Waals surface area contributed by atoms with Crippen molar-refractivity contribution in [1.29, 1.82) is 0 Å². The van der Waals surface area contributed by atoms with E-state index in [1.54, 1.807) is 4.88 Å². The van der Waals surface area contributed by atoms with Crippen molar-refractivity contribution in [3.63, 3.8) is 0 Å². The number of likely N-dealkylation sites (tertiary alicyclic amines) is 1. The molecule has 2 N–H and O–H groups in total. The van der Waals surface area contributed by atoms with Gasteiger partial charge in [0.1, 0.15) is 0 Å². The first-order valence-electron chi connectivity index (χ1n) is 11.5. The Kier molecular flexibility index (Phi) is 5.81. The molecule has 2 atom stereocenters. The Balaban J connectivity index is 1.19. The van der Waals surface area contributed by atoms with Crippen LogP contribution in [0, 0.1) is 0 Å². The number of rotatable bonds is 6. The Morgan fingerprint density at radius 2 is 2.29 bits per heavy atom. The third kappa shape index (κ3) is 4.26. The Bertz CT molecular complexity index is 952. The lowest BCUT2D eigenvalue weighted by molar-refractivity contribution is -0.109. The molecule has 5 rings (SSSR count). The van der Waals surface area contributed by atoms with Crippen LogP contribution < -0.4 is 11.0 Å². The monoisotopic (exact) mass is 442 g/mol. The molecule has 2 aromatic heterocycles. The standard InChI is InChI=1S/C23H34N6OS/c1-4-20-11-21-22(31-20)6-10-30-23(21)7-9-28(17(2)12-23)14-19-15-29(26-25-19)8-5-18-13-27(3)16-24-18/h11,13,15-17,25-26H,4-10,12,14H2,1-3H3/t17-,23+/m0/s1. The smallest absolute Gasteiger partial charge is 0.0969 e. The van der Waals surface area contributed by atoms with Crippen molar-refractivity contribution in [3.8, 4) is 0 Å². The van der Waals surface area contributed by atoms with Crippen molar-refractivity contribution in [1.82, 2.24) is 30.4 Å². The van der Waals surface area contributed by atoms with Gasteiger partial charge in [0.05, 0.1) is 29.9 Å². The molecule has 31 heavy (non-hydrogen) atoms. The number of hydrogen-bond acceptors (Lipinski definition) is 7. The van der Waals surface area contributed by atoms with Gasteiger partial charge >= 0.3 is 0 Å². The molecule has 0 amide bonds. The molecule has 0 bridgehead atoms. The zero-order valence-corrected chi connectivity index (χ0v) is 19.7. The lowest BCUT2D eigenvalue weighted by atomic mass is 9.79. The molecule has 0 unspecified atom stereocenters. The van der Waals surface area contributed by atoms with Crippen molar-refractivity contribution < 1.29 is 4.74 Å². The predicted octanol–water partition coefficient (Wildman–Crippen LogP) is 2.71. The van der Waals surface area contributed by atoms with E-state index in [4.69, 9.17) is 4.74 Å². The second-order valence-electron chi connectivity index (χ2n) is 9.13. The summed E-state index contributed by atoms with van der Waals surface area (Å²) in [6.45, 7) is 8.36. The molecule has 7 nitrogen and oxygen atoms in total. The minimum atomic E-state index is -0.0716. The number of fused-ring (bicyclic) bond motifs is 2. The van der Waals surface area contributed by atoms with Crippen LogP contribution in [0.2, 0.25) is 0 Å². The number of nitrogens with one attached hydrogen (secondary N) is 2. The van der Waals surface area contributed by atoms with Crippen LogP contribution in [0.5, 0.6) is 0 Å². The van der Waals surface area contributed by atoms with Gasteiger partial charge in [-0.25, -0.2) is 4.98 Å². The van der Waals surface area contributed by atoms with E-state index in [1.807, 2.05) is 29.3 Å². The predicted molar refractivity (Wildman–Crippen MR) is 123 cm³/mol. The maximum atomic E-state index is 6.49. The molecule has 1 spiro atoms. The molecule has 3 aliphatic rings. The second-order valence-corrected chi connectivity index (χ2v) is 10.4. The first kappa shape index (κ1) is 21.0. The fourth-order valence-corrected chi connectivity index (χ4v) is 6.33. The molecule has 5 heterocycles. The number of aromatic nitrogens is 2. The molecule has 168 valence electrons. The van der Waals surface area contributed by atoms with Crippen molar-refractivity contribution in [3.05, 3.63) is 51.5 Å². The van der Waals surface area contributed by atoms with Gasteiger partial charge in [-0.3, -0.25) is 9.91 Å². The first-order chi connectivity index (χ1) is 15.0. The van der Waals surface area contributed by atoms with Gasteiger partial charge in [0, 0.05) is 67.7 Å². The Morgan fingerprint density at radius 1 is 1.39 bits per heavy atom. The first-order valence-corrected chi connectivity index (χ1v) is 12.3. The number of ether oxygens (including phenoxy) is 1. The SMILES string of the molecule is CCc1cc2c(s1)CCO[C@@]21CCN(CC2=CN(CCc3cn(C)cn3)NN2)[C@@H](C)C1. The van der Waals surface area contributed by atoms with E-state index in [0.29, 0.717) is 6.04 Å². The summed E-state index contributed by atoms with van der Waals surface area (Å²) in [4.78, 5) is 10.1. The lowest BCUT2D eigenvalue weighted by Gasteiger charge is -2.47. The normalized spacial score (nSPS) is 26.2. The lowest BCUT2D eigenvalue weighted by Crippen LogP contribution is -2.51. The quantitative estimate of drug-likeness (QED) is 0.718. The van der Waals surface area contributed by atoms with E-state index in [9.17, 15) is 0 Å². The number of aryl methyl sites for hydroxylation is 2. The Morgan fingerprint density at radius 3 is 3.06 bits per heavy atom. The molecule has 1 fully saturated rings. The number of piperidine rings is 1. The summed E-state index contributed by atoms with van der Waals surface area (Å²) in [7, 11) is 2.01. The fourth-order valence-electron chi connectivity index (χ4n) is 5.16. The molecule has 1 saturated heterocycles. The second kappa shape index (κ2) is 8.58.